The van der Waals surface area contributed by atoms with Gasteiger partial charge in [0.15, 0.2) is 0 Å². The van der Waals surface area contributed by atoms with Crippen LogP contribution >= 0.6 is 11.6 Å². The maximum absolute atomic E-state index is 5.96. The number of rotatable bonds is 3. The predicted molar refractivity (Wildman–Crippen MR) is 64.3 cm³/mol. The van der Waals surface area contributed by atoms with Crippen LogP contribution in [0.5, 0.6) is 0 Å². The Hall–Kier alpha value is -1.48. The average molecular weight is 234 g/mol. The van der Waals surface area contributed by atoms with Crippen molar-refractivity contribution in [2.75, 3.05) is 0 Å². The van der Waals surface area contributed by atoms with E-state index in [2.05, 4.69) is 21.9 Å². The molecule has 0 saturated heterocycles. The Bertz CT molecular complexity index is 471. The summed E-state index contributed by atoms with van der Waals surface area (Å²) in [7, 11) is 0. The van der Waals surface area contributed by atoms with E-state index >= 15 is 0 Å². The number of nitrogens with zero attached hydrogens (tertiary/aromatic N) is 3. The number of hydrogen-bond donors (Lipinski definition) is 0. The van der Waals surface area contributed by atoms with E-state index in [-0.39, 0.29) is 0 Å². The molecule has 0 unspecified atom stereocenters. The van der Waals surface area contributed by atoms with Gasteiger partial charge in [0.25, 0.3) is 0 Å². The number of aryl methyl sites for hydroxylation is 1. The molecule has 0 saturated carbocycles. The summed E-state index contributed by atoms with van der Waals surface area (Å²) in [4.78, 5) is 12.9. The van der Waals surface area contributed by atoms with Crippen molar-refractivity contribution in [1.82, 2.24) is 15.0 Å². The molecular weight excluding hydrogens is 222 g/mol. The van der Waals surface area contributed by atoms with Crippen LogP contribution in [0.25, 0.3) is 11.4 Å². The average Bonchev–Trinajstić information content (AvgIpc) is 2.30. The standard InChI is InChI=1S/C12H12ClN3/c1-2-5-12-15-10(8-11(13)16-12)9-6-3-4-7-14-9/h3-4,6-8H,2,5H2,1H3. The quantitative estimate of drug-likeness (QED) is 0.765. The molecule has 0 fully saturated rings. The lowest BCUT2D eigenvalue weighted by atomic mass is 10.2. The first kappa shape index (κ1) is 11.0. The third-order valence-corrected chi connectivity index (χ3v) is 2.34. The number of halogens is 1. The monoisotopic (exact) mass is 233 g/mol. The van der Waals surface area contributed by atoms with Gasteiger partial charge < -0.3 is 0 Å². The molecule has 2 heterocycles. The van der Waals surface area contributed by atoms with E-state index in [1.807, 2.05) is 18.2 Å². The van der Waals surface area contributed by atoms with E-state index in [1.54, 1.807) is 12.3 Å². The van der Waals surface area contributed by atoms with Crippen molar-refractivity contribution in [3.63, 3.8) is 0 Å². The molecule has 3 nitrogen and oxygen atoms in total. The highest BCUT2D eigenvalue weighted by Gasteiger charge is 2.05. The molecule has 0 spiro atoms. The van der Waals surface area contributed by atoms with Crippen LogP contribution in [0, 0.1) is 0 Å². The fourth-order valence-corrected chi connectivity index (χ4v) is 1.65. The number of hydrogen-bond acceptors (Lipinski definition) is 3. The first-order valence-corrected chi connectivity index (χ1v) is 5.62. The van der Waals surface area contributed by atoms with E-state index in [1.165, 1.54) is 0 Å². The summed E-state index contributed by atoms with van der Waals surface area (Å²) < 4.78 is 0. The largest absolute Gasteiger partial charge is 0.255 e. The van der Waals surface area contributed by atoms with Crippen LogP contribution in [-0.4, -0.2) is 15.0 Å². The lowest BCUT2D eigenvalue weighted by Gasteiger charge is -2.03. The van der Waals surface area contributed by atoms with Gasteiger partial charge in [-0.05, 0) is 18.6 Å². The SMILES string of the molecule is CCCc1nc(Cl)cc(-c2ccccn2)n1. The van der Waals surface area contributed by atoms with Gasteiger partial charge in [0.1, 0.15) is 11.0 Å². The first-order chi connectivity index (χ1) is 7.79. The topological polar surface area (TPSA) is 38.7 Å². The Morgan fingerprint density at radius 1 is 1.19 bits per heavy atom. The second kappa shape index (κ2) is 5.03. The molecule has 0 bridgehead atoms. The summed E-state index contributed by atoms with van der Waals surface area (Å²) in [6.45, 7) is 2.09. The first-order valence-electron chi connectivity index (χ1n) is 5.24. The fourth-order valence-electron chi connectivity index (χ4n) is 1.45. The maximum atomic E-state index is 5.96. The minimum Gasteiger partial charge on any atom is -0.255 e. The number of pyridine rings is 1. The molecule has 0 aromatic carbocycles. The summed E-state index contributed by atoms with van der Waals surface area (Å²) in [5.41, 5.74) is 1.60. The summed E-state index contributed by atoms with van der Waals surface area (Å²) in [5.74, 6) is 0.774. The molecule has 0 radical (unpaired) electrons. The van der Waals surface area contributed by atoms with Crippen molar-refractivity contribution < 1.29 is 0 Å². The third-order valence-electron chi connectivity index (χ3n) is 2.14. The molecular formula is C12H12ClN3. The molecule has 16 heavy (non-hydrogen) atoms. The van der Waals surface area contributed by atoms with Gasteiger partial charge in [0, 0.05) is 18.7 Å². The van der Waals surface area contributed by atoms with E-state index in [0.29, 0.717) is 5.15 Å². The molecule has 2 aromatic heterocycles. The van der Waals surface area contributed by atoms with Gasteiger partial charge in [-0.3, -0.25) is 4.98 Å². The smallest absolute Gasteiger partial charge is 0.133 e. The van der Waals surface area contributed by atoms with Crippen LogP contribution in [0.15, 0.2) is 30.5 Å². The summed E-state index contributed by atoms with van der Waals surface area (Å²) in [6.07, 6.45) is 3.58. The highest BCUT2D eigenvalue weighted by molar-refractivity contribution is 6.29. The van der Waals surface area contributed by atoms with Gasteiger partial charge >= 0.3 is 0 Å². The van der Waals surface area contributed by atoms with Crippen molar-refractivity contribution in [3.05, 3.63) is 41.4 Å². The fraction of sp³-hybridized carbons (Fsp3) is 0.250. The molecule has 2 aromatic rings. The second-order valence-electron chi connectivity index (χ2n) is 3.46. The van der Waals surface area contributed by atoms with E-state index in [4.69, 9.17) is 11.6 Å². The zero-order valence-corrected chi connectivity index (χ0v) is 9.78. The van der Waals surface area contributed by atoms with Gasteiger partial charge in [-0.25, -0.2) is 9.97 Å². The Balaban J connectivity index is 2.41. The lowest BCUT2D eigenvalue weighted by molar-refractivity contribution is 0.836. The molecule has 0 aliphatic heterocycles. The Morgan fingerprint density at radius 2 is 2.06 bits per heavy atom. The molecule has 82 valence electrons. The molecule has 0 N–H and O–H groups in total. The lowest BCUT2D eigenvalue weighted by Crippen LogP contribution is -1.97. The van der Waals surface area contributed by atoms with Crippen LogP contribution in [0.3, 0.4) is 0 Å². The van der Waals surface area contributed by atoms with Gasteiger partial charge in [-0.2, -0.15) is 0 Å². The van der Waals surface area contributed by atoms with E-state index < -0.39 is 0 Å². The number of aromatic nitrogens is 3. The molecule has 0 atom stereocenters. The van der Waals surface area contributed by atoms with E-state index in [9.17, 15) is 0 Å². The van der Waals surface area contributed by atoms with Crippen molar-refractivity contribution in [2.45, 2.75) is 19.8 Å². The van der Waals surface area contributed by atoms with Crippen molar-refractivity contribution in [1.29, 1.82) is 0 Å². The second-order valence-corrected chi connectivity index (χ2v) is 3.84. The minimum absolute atomic E-state index is 0.471. The highest BCUT2D eigenvalue weighted by atomic mass is 35.5. The van der Waals surface area contributed by atoms with Crippen LogP contribution in [0.4, 0.5) is 0 Å². The Morgan fingerprint density at radius 3 is 2.75 bits per heavy atom. The third kappa shape index (κ3) is 2.55. The minimum atomic E-state index is 0.471. The summed E-state index contributed by atoms with van der Waals surface area (Å²) in [6, 6.07) is 7.45. The van der Waals surface area contributed by atoms with Gasteiger partial charge in [-0.1, -0.05) is 24.6 Å². The normalized spacial score (nSPS) is 10.4. The van der Waals surface area contributed by atoms with E-state index in [0.717, 1.165) is 30.1 Å². The van der Waals surface area contributed by atoms with Gasteiger partial charge in [0.05, 0.1) is 11.4 Å². The van der Waals surface area contributed by atoms with Crippen LogP contribution in [-0.2, 0) is 6.42 Å². The highest BCUT2D eigenvalue weighted by Crippen LogP contribution is 2.17. The molecule has 0 aliphatic rings. The van der Waals surface area contributed by atoms with Crippen molar-refractivity contribution in [3.8, 4) is 11.4 Å². The summed E-state index contributed by atoms with van der Waals surface area (Å²) >= 11 is 5.96. The zero-order valence-electron chi connectivity index (χ0n) is 9.02. The molecule has 4 heteroatoms. The van der Waals surface area contributed by atoms with Crippen molar-refractivity contribution in [2.24, 2.45) is 0 Å². The molecule has 2 rings (SSSR count). The van der Waals surface area contributed by atoms with Gasteiger partial charge in [0.2, 0.25) is 0 Å². The summed E-state index contributed by atoms with van der Waals surface area (Å²) in [5, 5.41) is 0.471. The van der Waals surface area contributed by atoms with Gasteiger partial charge in [-0.15, -0.1) is 0 Å². The Labute approximate surface area is 99.5 Å². The molecule has 0 aliphatic carbocycles. The zero-order chi connectivity index (χ0) is 11.4. The van der Waals surface area contributed by atoms with Crippen LogP contribution in [0.1, 0.15) is 19.2 Å². The maximum Gasteiger partial charge on any atom is 0.133 e. The van der Waals surface area contributed by atoms with Crippen LogP contribution < -0.4 is 0 Å². The molecule has 0 amide bonds. The Kier molecular flexibility index (Phi) is 3.47. The predicted octanol–water partition coefficient (Wildman–Crippen LogP) is 3.14. The van der Waals surface area contributed by atoms with Crippen molar-refractivity contribution >= 4 is 11.6 Å². The van der Waals surface area contributed by atoms with Crippen LogP contribution in [0.2, 0.25) is 5.15 Å².